The third-order valence-corrected chi connectivity index (χ3v) is 3.28. The third kappa shape index (κ3) is 3.08. The Kier molecular flexibility index (Phi) is 4.20. The maximum Gasteiger partial charge on any atom is 0.153 e. The van der Waals surface area contributed by atoms with Crippen molar-refractivity contribution >= 4 is 37.8 Å². The van der Waals surface area contributed by atoms with Gasteiger partial charge in [-0.3, -0.25) is 4.99 Å². The lowest BCUT2D eigenvalue weighted by atomic mass is 10.2. The number of aliphatic imine (C=N–C) groups is 3. The van der Waals surface area contributed by atoms with Crippen LogP contribution in [0.3, 0.4) is 0 Å². The second-order valence-corrected chi connectivity index (χ2v) is 6.20. The largest absolute Gasteiger partial charge is 0.385 e. The molecule has 0 aliphatic carbocycles. The van der Waals surface area contributed by atoms with Crippen molar-refractivity contribution in [2.45, 2.75) is 12.2 Å². The summed E-state index contributed by atoms with van der Waals surface area (Å²) < 4.78 is 15.9. The molecular weight excluding hydrogens is 261 g/mol. The van der Waals surface area contributed by atoms with Gasteiger partial charge >= 0.3 is 0 Å². The number of nitrogens with two attached hydrogens (primary N) is 1. The second kappa shape index (κ2) is 5.66. The van der Waals surface area contributed by atoms with Crippen LogP contribution >= 0.6 is 19.3 Å². The molecule has 0 aromatic rings. The molecule has 2 rings (SSSR count). The summed E-state index contributed by atoms with van der Waals surface area (Å²) in [6.45, 7) is 1.08. The Bertz CT molecular complexity index is 399. The van der Waals surface area contributed by atoms with Crippen molar-refractivity contribution in [3.8, 4) is 0 Å². The first-order valence-corrected chi connectivity index (χ1v) is 8.02. The molecule has 0 saturated heterocycles. The lowest BCUT2D eigenvalue weighted by molar-refractivity contribution is 0.152. The van der Waals surface area contributed by atoms with E-state index in [0.717, 1.165) is 0 Å². The van der Waals surface area contributed by atoms with Crippen molar-refractivity contribution in [3.05, 3.63) is 0 Å². The van der Waals surface area contributed by atoms with Crippen molar-refractivity contribution in [2.75, 3.05) is 19.5 Å². The van der Waals surface area contributed by atoms with E-state index in [4.69, 9.17) is 10.5 Å². The minimum absolute atomic E-state index is 0.121. The summed E-state index contributed by atoms with van der Waals surface area (Å²) in [5, 5.41) is 0. The van der Waals surface area contributed by atoms with Gasteiger partial charge in [0.15, 0.2) is 6.17 Å². The molecule has 2 N–H and O–H groups in total. The van der Waals surface area contributed by atoms with Gasteiger partial charge in [0, 0.05) is 6.54 Å². The summed E-state index contributed by atoms with van der Waals surface area (Å²) in [4.78, 5) is 14.3. The molecule has 0 amide bonds. The predicted molar refractivity (Wildman–Crippen MR) is 71.7 cm³/mol. The van der Waals surface area contributed by atoms with E-state index >= 15 is 0 Å². The molecule has 0 aromatic heterocycles. The minimum Gasteiger partial charge on any atom is -0.385 e. The summed E-state index contributed by atoms with van der Waals surface area (Å²) in [5.41, 5.74) is 5.72. The van der Waals surface area contributed by atoms with Gasteiger partial charge < -0.3 is 19.9 Å². The zero-order valence-corrected chi connectivity index (χ0v) is 11.0. The second-order valence-electron chi connectivity index (χ2n) is 3.63. The molecule has 3 unspecified atom stereocenters. The van der Waals surface area contributed by atoms with Gasteiger partial charge in [0.1, 0.15) is 31.6 Å². The molecule has 2 aliphatic heterocycles. The summed E-state index contributed by atoms with van der Waals surface area (Å²) in [7, 11) is -1.86. The maximum atomic E-state index is 10.7. The molecule has 0 aromatic carbocycles. The van der Waals surface area contributed by atoms with E-state index in [0.29, 0.717) is 19.0 Å². The highest BCUT2D eigenvalue weighted by molar-refractivity contribution is 8.40. The van der Waals surface area contributed by atoms with E-state index in [9.17, 15) is 4.57 Å². The predicted octanol–water partition coefficient (Wildman–Crippen LogP) is -0.197. The Balaban J connectivity index is 1.80. The highest BCUT2D eigenvalue weighted by Crippen LogP contribution is 2.24. The van der Waals surface area contributed by atoms with Gasteiger partial charge in [-0.2, -0.15) is 0 Å². The van der Waals surface area contributed by atoms with Crippen LogP contribution in [0.5, 0.6) is 0 Å². The van der Waals surface area contributed by atoms with Crippen LogP contribution in [0.2, 0.25) is 0 Å². The molecule has 0 spiro atoms. The lowest BCUT2D eigenvalue weighted by Crippen LogP contribution is -2.44. The van der Waals surface area contributed by atoms with E-state index in [-0.39, 0.29) is 18.6 Å². The summed E-state index contributed by atoms with van der Waals surface area (Å²) >= 11 is 3.79. The maximum absolute atomic E-state index is 10.7. The van der Waals surface area contributed by atoms with Gasteiger partial charge in [-0.1, -0.05) is 0 Å². The van der Waals surface area contributed by atoms with E-state index in [1.165, 1.54) is 6.34 Å². The molecule has 7 nitrogen and oxygen atoms in total. The molecule has 2 aliphatic rings. The molecule has 0 bridgehead atoms. The number of rotatable bonds is 5. The summed E-state index contributed by atoms with van der Waals surface area (Å²) in [5.74, 6) is 0.477. The number of nitrogens with zero attached hydrogens (tertiary/aromatic N) is 4. The standard InChI is InChI=1S/C8H14N5O2PS/c9-7-6-8(11-3-10-7)13(4-12-6)1-2-15-5-16(14)17/h3-4,6,8,16H,1-2,5H2,(H,14,17)(H2,9,10,11). The van der Waals surface area contributed by atoms with Gasteiger partial charge in [-0.25, -0.2) is 9.98 Å². The van der Waals surface area contributed by atoms with Crippen molar-refractivity contribution in [1.29, 1.82) is 0 Å². The van der Waals surface area contributed by atoms with Crippen molar-refractivity contribution in [2.24, 2.45) is 20.7 Å². The third-order valence-electron chi connectivity index (χ3n) is 2.45. The fourth-order valence-electron chi connectivity index (χ4n) is 1.64. The number of thiol groups is 1. The van der Waals surface area contributed by atoms with E-state index < -0.39 is 7.00 Å². The Morgan fingerprint density at radius 3 is 3.18 bits per heavy atom. The Labute approximate surface area is 105 Å². The number of hydrogen-bond acceptors (Lipinski definition) is 7. The molecule has 0 radical (unpaired) electrons. The fourth-order valence-corrected chi connectivity index (χ4v) is 2.24. The van der Waals surface area contributed by atoms with Gasteiger partial charge in [0.25, 0.3) is 0 Å². The number of hydrogen-bond donors (Lipinski definition) is 2. The van der Waals surface area contributed by atoms with Crippen LogP contribution in [-0.4, -0.2) is 55.1 Å². The fraction of sp³-hybridized carbons (Fsp3) is 0.625. The lowest BCUT2D eigenvalue weighted by Gasteiger charge is -2.25. The zero-order valence-electron chi connectivity index (χ0n) is 9.06. The van der Waals surface area contributed by atoms with Gasteiger partial charge in [0.2, 0.25) is 0 Å². The molecule has 94 valence electrons. The molecule has 17 heavy (non-hydrogen) atoms. The number of fused-ring (bicyclic) bond motifs is 1. The summed E-state index contributed by atoms with van der Waals surface area (Å²) in [6, 6.07) is -0.191. The minimum atomic E-state index is -1.86. The van der Waals surface area contributed by atoms with Gasteiger partial charge in [0.05, 0.1) is 12.9 Å². The van der Waals surface area contributed by atoms with Crippen molar-refractivity contribution in [3.63, 3.8) is 0 Å². The van der Waals surface area contributed by atoms with Crippen LogP contribution in [0.4, 0.5) is 0 Å². The van der Waals surface area contributed by atoms with Crippen LogP contribution in [-0.2, 0) is 9.30 Å². The average molecular weight is 275 g/mol. The van der Waals surface area contributed by atoms with Crippen LogP contribution in [0.25, 0.3) is 0 Å². The molecule has 2 heterocycles. The van der Waals surface area contributed by atoms with Crippen LogP contribution in [0, 0.1) is 0 Å². The van der Waals surface area contributed by atoms with E-state index in [2.05, 4.69) is 27.2 Å². The number of amidine groups is 1. The SMILES string of the molecule is NC1=NC=NC2C1N=CN2CCOC[PH](=O)S. The Hall–Kier alpha value is -0.850. The quantitative estimate of drug-likeness (QED) is 0.413. The Morgan fingerprint density at radius 2 is 2.41 bits per heavy atom. The van der Waals surface area contributed by atoms with Crippen LogP contribution in [0.15, 0.2) is 15.0 Å². The van der Waals surface area contributed by atoms with Crippen molar-refractivity contribution in [1.82, 2.24) is 4.90 Å². The van der Waals surface area contributed by atoms with Crippen molar-refractivity contribution < 1.29 is 9.30 Å². The molecular formula is C8H14N5O2PS. The highest BCUT2D eigenvalue weighted by atomic mass is 32.7. The summed E-state index contributed by atoms with van der Waals surface area (Å²) in [6.07, 6.45) is 3.22. The molecule has 0 fully saturated rings. The monoisotopic (exact) mass is 275 g/mol. The molecule has 9 heteroatoms. The van der Waals surface area contributed by atoms with Crippen LogP contribution in [0.1, 0.15) is 0 Å². The average Bonchev–Trinajstić information content (AvgIpc) is 2.69. The first-order valence-electron chi connectivity index (χ1n) is 5.12. The van der Waals surface area contributed by atoms with E-state index in [1.807, 2.05) is 4.90 Å². The van der Waals surface area contributed by atoms with Crippen LogP contribution < -0.4 is 5.73 Å². The Morgan fingerprint density at radius 1 is 1.59 bits per heavy atom. The molecule has 0 saturated carbocycles. The first-order chi connectivity index (χ1) is 8.18. The normalized spacial score (nSPS) is 28.1. The zero-order chi connectivity index (χ0) is 12.3. The topological polar surface area (TPSA) is 92.6 Å². The van der Waals surface area contributed by atoms with Gasteiger partial charge in [-0.05, 0) is 0 Å². The molecule has 3 atom stereocenters. The van der Waals surface area contributed by atoms with Gasteiger partial charge in [-0.15, -0.1) is 12.2 Å². The first kappa shape index (κ1) is 12.6. The highest BCUT2D eigenvalue weighted by Gasteiger charge is 2.34. The van der Waals surface area contributed by atoms with E-state index in [1.54, 1.807) is 6.34 Å². The number of ether oxygens (including phenoxy) is 1. The smallest absolute Gasteiger partial charge is 0.153 e.